The molecule has 0 bridgehead atoms. The Kier molecular flexibility index (Phi) is 6.08. The summed E-state index contributed by atoms with van der Waals surface area (Å²) in [5.41, 5.74) is -2.03. The highest BCUT2D eigenvalue weighted by Crippen LogP contribution is 2.32. The summed E-state index contributed by atoms with van der Waals surface area (Å²) in [5, 5.41) is 32.4. The van der Waals surface area contributed by atoms with Crippen molar-refractivity contribution in [3.63, 3.8) is 0 Å². The number of aliphatic hydroxyl groups excluding tert-OH is 2. The molecule has 1 aliphatic rings. The van der Waals surface area contributed by atoms with E-state index in [4.69, 9.17) is 21.1 Å². The van der Waals surface area contributed by atoms with Crippen LogP contribution in [-0.2, 0) is 20.9 Å². The van der Waals surface area contributed by atoms with E-state index in [2.05, 4.69) is 0 Å². The third kappa shape index (κ3) is 4.44. The van der Waals surface area contributed by atoms with Crippen molar-refractivity contribution in [1.82, 2.24) is 0 Å². The van der Waals surface area contributed by atoms with E-state index in [0.29, 0.717) is 11.4 Å². The summed E-state index contributed by atoms with van der Waals surface area (Å²) in [6, 6.07) is 7.49. The maximum absolute atomic E-state index is 12.1. The Morgan fingerprint density at radius 2 is 2.15 bits per heavy atom. The van der Waals surface area contributed by atoms with E-state index in [1.54, 1.807) is 6.07 Å². The first kappa shape index (κ1) is 20.1. The molecule has 0 unspecified atom stereocenters. The Hall–Kier alpha value is -1.64. The third-order valence-electron chi connectivity index (χ3n) is 4.26. The monoisotopic (exact) mass is 412 g/mol. The molecule has 3 rings (SSSR count). The number of hydrogen-bond donors (Lipinski definition) is 3. The number of rotatable bonds is 6. The van der Waals surface area contributed by atoms with Gasteiger partial charge in [0.1, 0.15) is 18.5 Å². The van der Waals surface area contributed by atoms with Crippen molar-refractivity contribution in [1.29, 1.82) is 0 Å². The van der Waals surface area contributed by atoms with Crippen LogP contribution in [0.25, 0.3) is 10.1 Å². The number of thiophene rings is 1. The van der Waals surface area contributed by atoms with Gasteiger partial charge in [0.25, 0.3) is 0 Å². The Bertz CT molecular complexity index is 863. The highest BCUT2D eigenvalue weighted by Gasteiger charge is 2.45. The molecule has 6 nitrogen and oxygen atoms in total. The molecule has 146 valence electrons. The fourth-order valence-corrected chi connectivity index (χ4v) is 4.13. The number of carbonyl (C=O) groups excluding carboxylic acids is 1. The standard InChI is InChI=1S/C19H21ClO6S/c1-2-5-25-18(23)19(24)8-14(21)17(22)15(9-19)26-10-13-6-11-3-4-12(20)7-16(11)27-13/h3-4,6-7,9,14,17,21-22,24H,2,5,8,10H2,1H3/t14-,17+,19-/m1/s1. The van der Waals surface area contributed by atoms with Gasteiger partial charge in [-0.15, -0.1) is 11.3 Å². The number of aliphatic hydroxyl groups is 3. The Labute approximate surface area is 165 Å². The van der Waals surface area contributed by atoms with Gasteiger partial charge >= 0.3 is 5.97 Å². The first-order valence-electron chi connectivity index (χ1n) is 8.61. The summed E-state index contributed by atoms with van der Waals surface area (Å²) < 4.78 is 11.6. The van der Waals surface area contributed by atoms with Gasteiger partial charge in [-0.1, -0.05) is 24.6 Å². The quantitative estimate of drug-likeness (QED) is 0.631. The molecule has 3 N–H and O–H groups in total. The molecule has 1 aliphatic carbocycles. The predicted molar refractivity (Wildman–Crippen MR) is 103 cm³/mol. The molecule has 0 saturated carbocycles. The van der Waals surface area contributed by atoms with E-state index in [0.717, 1.165) is 21.0 Å². The molecule has 1 aromatic heterocycles. The van der Waals surface area contributed by atoms with Gasteiger partial charge in [-0.05, 0) is 36.1 Å². The van der Waals surface area contributed by atoms with E-state index in [1.807, 2.05) is 25.1 Å². The van der Waals surface area contributed by atoms with Crippen molar-refractivity contribution in [2.45, 2.75) is 44.2 Å². The zero-order valence-electron chi connectivity index (χ0n) is 14.7. The lowest BCUT2D eigenvalue weighted by atomic mass is 9.86. The first-order valence-corrected chi connectivity index (χ1v) is 9.81. The summed E-state index contributed by atoms with van der Waals surface area (Å²) in [4.78, 5) is 13.0. The molecule has 0 fully saturated rings. The third-order valence-corrected chi connectivity index (χ3v) is 5.57. The van der Waals surface area contributed by atoms with Crippen LogP contribution < -0.4 is 0 Å². The molecule has 1 heterocycles. The summed E-state index contributed by atoms with van der Waals surface area (Å²) >= 11 is 7.48. The average Bonchev–Trinajstić information content (AvgIpc) is 3.03. The van der Waals surface area contributed by atoms with E-state index >= 15 is 0 Å². The van der Waals surface area contributed by atoms with Crippen molar-refractivity contribution >= 4 is 39.0 Å². The van der Waals surface area contributed by atoms with Gasteiger partial charge in [0, 0.05) is 21.0 Å². The lowest BCUT2D eigenvalue weighted by Crippen LogP contribution is -2.49. The highest BCUT2D eigenvalue weighted by molar-refractivity contribution is 7.19. The van der Waals surface area contributed by atoms with Gasteiger partial charge in [0.15, 0.2) is 5.60 Å². The van der Waals surface area contributed by atoms with Crippen LogP contribution in [0.1, 0.15) is 24.6 Å². The smallest absolute Gasteiger partial charge is 0.342 e. The summed E-state index contributed by atoms with van der Waals surface area (Å²) in [6.07, 6.45) is -1.29. The SMILES string of the molecule is CCCOC(=O)[C@]1(O)C=C(OCc2cc3ccc(Cl)cc3s2)[C@@H](O)[C@H](O)C1. The van der Waals surface area contributed by atoms with Crippen LogP contribution in [0.4, 0.5) is 0 Å². The number of hydrogen-bond acceptors (Lipinski definition) is 7. The molecule has 0 amide bonds. The summed E-state index contributed by atoms with van der Waals surface area (Å²) in [7, 11) is 0. The Morgan fingerprint density at radius 1 is 1.37 bits per heavy atom. The van der Waals surface area contributed by atoms with Crippen LogP contribution in [0.2, 0.25) is 5.02 Å². The molecule has 0 saturated heterocycles. The largest absolute Gasteiger partial charge is 0.490 e. The van der Waals surface area contributed by atoms with Gasteiger partial charge in [-0.25, -0.2) is 4.79 Å². The van der Waals surface area contributed by atoms with Gasteiger partial charge in [-0.2, -0.15) is 0 Å². The van der Waals surface area contributed by atoms with Crippen LogP contribution in [0, 0.1) is 0 Å². The minimum atomic E-state index is -2.03. The molecule has 0 aliphatic heterocycles. The molecule has 1 aromatic carbocycles. The number of esters is 1. The maximum Gasteiger partial charge on any atom is 0.342 e. The van der Waals surface area contributed by atoms with Crippen LogP contribution in [0.5, 0.6) is 0 Å². The molecule has 0 radical (unpaired) electrons. The van der Waals surface area contributed by atoms with E-state index in [9.17, 15) is 20.1 Å². The van der Waals surface area contributed by atoms with Crippen LogP contribution in [0.3, 0.4) is 0 Å². The molecule has 0 spiro atoms. The molecule has 3 atom stereocenters. The second-order valence-electron chi connectivity index (χ2n) is 6.51. The topological polar surface area (TPSA) is 96.2 Å². The van der Waals surface area contributed by atoms with Gasteiger partial charge < -0.3 is 24.8 Å². The average molecular weight is 413 g/mol. The van der Waals surface area contributed by atoms with E-state index in [-0.39, 0.29) is 25.4 Å². The minimum Gasteiger partial charge on any atom is -0.490 e. The van der Waals surface area contributed by atoms with Crippen molar-refractivity contribution in [2.75, 3.05) is 6.61 Å². The number of halogens is 1. The van der Waals surface area contributed by atoms with E-state index < -0.39 is 23.8 Å². The number of carbonyl (C=O) groups is 1. The molecular weight excluding hydrogens is 392 g/mol. The zero-order chi connectivity index (χ0) is 19.6. The number of fused-ring (bicyclic) bond motifs is 1. The highest BCUT2D eigenvalue weighted by atomic mass is 35.5. The first-order chi connectivity index (χ1) is 12.8. The normalized spacial score (nSPS) is 25.3. The van der Waals surface area contributed by atoms with Crippen LogP contribution >= 0.6 is 22.9 Å². The van der Waals surface area contributed by atoms with Crippen molar-refractivity contribution in [3.05, 3.63) is 46.0 Å². The van der Waals surface area contributed by atoms with Crippen LogP contribution in [-0.4, -0.2) is 45.7 Å². The van der Waals surface area contributed by atoms with E-state index in [1.165, 1.54) is 11.3 Å². The fraction of sp³-hybridized carbons (Fsp3) is 0.421. The van der Waals surface area contributed by atoms with Crippen molar-refractivity contribution < 1.29 is 29.6 Å². The number of benzene rings is 1. The predicted octanol–water partition coefficient (Wildman–Crippen LogP) is 2.77. The summed E-state index contributed by atoms with van der Waals surface area (Å²) in [5.74, 6) is -0.923. The fourth-order valence-electron chi connectivity index (χ4n) is 2.87. The molecule has 8 heteroatoms. The second kappa shape index (κ2) is 8.16. The zero-order valence-corrected chi connectivity index (χ0v) is 16.3. The molecule has 27 heavy (non-hydrogen) atoms. The maximum atomic E-state index is 12.1. The van der Waals surface area contributed by atoms with Crippen molar-refractivity contribution in [2.24, 2.45) is 0 Å². The Morgan fingerprint density at radius 3 is 2.89 bits per heavy atom. The molecule has 2 aromatic rings. The van der Waals surface area contributed by atoms with Gasteiger partial charge in [-0.3, -0.25) is 0 Å². The van der Waals surface area contributed by atoms with Crippen molar-refractivity contribution in [3.8, 4) is 0 Å². The second-order valence-corrected chi connectivity index (χ2v) is 8.11. The van der Waals surface area contributed by atoms with Gasteiger partial charge in [0.05, 0.1) is 12.7 Å². The van der Waals surface area contributed by atoms with Gasteiger partial charge in [0.2, 0.25) is 0 Å². The Balaban J connectivity index is 1.77. The molecular formula is C19H21ClO6S. The summed E-state index contributed by atoms with van der Waals surface area (Å²) in [6.45, 7) is 2.11. The lowest BCUT2D eigenvalue weighted by molar-refractivity contribution is -0.167. The minimum absolute atomic E-state index is 0.0554. The lowest BCUT2D eigenvalue weighted by Gasteiger charge is -2.33. The number of ether oxygens (including phenoxy) is 2. The van der Waals surface area contributed by atoms with Crippen LogP contribution in [0.15, 0.2) is 36.1 Å².